The van der Waals surface area contributed by atoms with Crippen LogP contribution in [0, 0.1) is 27.7 Å². The normalized spacial score (nSPS) is 16.5. The van der Waals surface area contributed by atoms with Gasteiger partial charge in [-0.15, -0.1) is 0 Å². The van der Waals surface area contributed by atoms with Gasteiger partial charge in [0.2, 0.25) is 5.91 Å². The van der Waals surface area contributed by atoms with Gasteiger partial charge in [-0.05, 0) is 146 Å². The number of hydrogen-bond donors (Lipinski definition) is 1. The van der Waals surface area contributed by atoms with E-state index in [9.17, 15) is 14.8 Å². The Hall–Kier alpha value is -5.59. The molecular formula is C68H81BrN5O4PS2. The van der Waals surface area contributed by atoms with Gasteiger partial charge in [0.15, 0.2) is 0 Å². The first-order chi connectivity index (χ1) is 38.5. The highest BCUT2D eigenvalue weighted by Crippen LogP contribution is 2.56. The topological polar surface area (TPSA) is 79.8 Å². The van der Waals surface area contributed by atoms with Gasteiger partial charge in [0.25, 0.3) is 0 Å². The van der Waals surface area contributed by atoms with E-state index in [-0.39, 0.29) is 35.1 Å². The van der Waals surface area contributed by atoms with Crippen molar-refractivity contribution in [2.24, 2.45) is 0 Å². The van der Waals surface area contributed by atoms with Crippen LogP contribution in [-0.4, -0.2) is 108 Å². The largest absolute Gasteiger partial charge is 1.00 e. The van der Waals surface area contributed by atoms with Crippen molar-refractivity contribution in [1.29, 1.82) is 0 Å². The number of halogens is 1. The molecule has 0 radical (unpaired) electrons. The smallest absolute Gasteiger partial charge is 0.410 e. The highest BCUT2D eigenvalue weighted by atomic mass is 79.9. The van der Waals surface area contributed by atoms with E-state index in [1.54, 1.807) is 11.8 Å². The molecule has 3 aliphatic rings. The van der Waals surface area contributed by atoms with Crippen LogP contribution in [0.2, 0.25) is 0 Å². The van der Waals surface area contributed by atoms with Gasteiger partial charge in [0.05, 0.1) is 17.5 Å². The number of carbonyl (C=O) groups excluding carboxylic acids is 2. The Kier molecular flexibility index (Phi) is 21.0. The molecule has 81 heavy (non-hydrogen) atoms. The summed E-state index contributed by atoms with van der Waals surface area (Å²) >= 11 is 3.64. The zero-order valence-electron chi connectivity index (χ0n) is 48.6. The molecule has 0 aliphatic carbocycles. The number of amides is 2. The van der Waals surface area contributed by atoms with Gasteiger partial charge in [-0.25, -0.2) is 4.79 Å². The average molecular weight is 1210 g/mol. The molecule has 0 unspecified atom stereocenters. The molecule has 0 saturated carbocycles. The van der Waals surface area contributed by atoms with Crippen molar-refractivity contribution in [3.05, 3.63) is 198 Å². The van der Waals surface area contributed by atoms with E-state index in [1.165, 1.54) is 74.2 Å². The number of para-hydroxylation sites is 2. The number of piperazine rings is 2. The third kappa shape index (κ3) is 15.0. The number of hydrogen-bond acceptors (Lipinski definition) is 9. The second-order valence-electron chi connectivity index (χ2n) is 23.0. The zero-order valence-corrected chi connectivity index (χ0v) is 52.7. The van der Waals surface area contributed by atoms with E-state index >= 15 is 0 Å². The molecule has 3 aliphatic heterocycles. The molecule has 7 aromatic carbocycles. The maximum Gasteiger partial charge on any atom is 0.410 e. The van der Waals surface area contributed by atoms with Crippen LogP contribution >= 0.6 is 30.8 Å². The molecule has 10 rings (SSSR count). The molecule has 9 nitrogen and oxygen atoms in total. The van der Waals surface area contributed by atoms with Gasteiger partial charge in [-0.2, -0.15) is 5.06 Å². The van der Waals surface area contributed by atoms with Crippen LogP contribution in [0.15, 0.2) is 196 Å². The van der Waals surface area contributed by atoms with Crippen molar-refractivity contribution >= 4 is 70.1 Å². The Morgan fingerprint density at radius 3 is 1.31 bits per heavy atom. The monoisotopic (exact) mass is 1210 g/mol. The molecule has 0 spiro atoms. The maximum atomic E-state index is 13.6. The zero-order chi connectivity index (χ0) is 56.4. The van der Waals surface area contributed by atoms with Crippen molar-refractivity contribution < 1.29 is 36.5 Å². The van der Waals surface area contributed by atoms with Crippen LogP contribution in [0.1, 0.15) is 75.6 Å². The van der Waals surface area contributed by atoms with E-state index in [1.807, 2.05) is 44.4 Å². The van der Waals surface area contributed by atoms with E-state index in [0.29, 0.717) is 32.4 Å². The van der Waals surface area contributed by atoms with Gasteiger partial charge in [-0.1, -0.05) is 138 Å². The molecule has 3 fully saturated rings. The van der Waals surface area contributed by atoms with E-state index < -0.39 is 18.3 Å². The Balaban J connectivity index is 0.000000217. The molecule has 2 amide bonds. The quantitative estimate of drug-likeness (QED) is 0.107. The summed E-state index contributed by atoms with van der Waals surface area (Å²) in [5, 5.41) is 16.1. The molecule has 3 heterocycles. The third-order valence-electron chi connectivity index (χ3n) is 16.0. The van der Waals surface area contributed by atoms with Crippen LogP contribution in [-0.2, 0) is 9.53 Å². The van der Waals surface area contributed by atoms with Crippen molar-refractivity contribution in [2.75, 3.05) is 68.3 Å². The standard InChI is InChI=1S/C40H42N2OPS.C28H39N3O3S.BrH/c1-32-24-25-38(33(2)31-32)45-39-22-13-12-21-37(39)41-26-28-42(29-27-41)40(43)23-14-30-44(34-15-6-3-7-16-34,35-17-8-4-9-18-35)36-19-10-5-11-20-36;1-20-11-12-24(21(2)17-20)35-25-10-8-7-9-23(25)29-13-15-30(16-14-29)26(32)34-22-18-27(3,4)31(33)28(5,6)19-22;/h3-13,15-22,24-25,31H,14,23,26-30H2,1-2H3;7-12,17,22,33H,13-16,18-19H2,1-6H3;1H/q+1;;/p-1. The van der Waals surface area contributed by atoms with Crippen LogP contribution < -0.4 is 42.7 Å². The lowest BCUT2D eigenvalue weighted by atomic mass is 9.80. The van der Waals surface area contributed by atoms with Crippen molar-refractivity contribution in [3.8, 4) is 0 Å². The van der Waals surface area contributed by atoms with Crippen LogP contribution in [0.3, 0.4) is 0 Å². The SMILES string of the molecule is Cc1ccc(Sc2ccccc2N2CCN(C(=O)CCC[P+](c3ccccc3)(c3ccccc3)c3ccccc3)CC2)c(C)c1.Cc1ccc(Sc2ccccc2N2CCN(C(=O)OC3CC(C)(C)N(O)C(C)(C)C3)CC2)c(C)c1.[Br-]. The number of hydroxylamine groups is 2. The predicted molar refractivity (Wildman–Crippen MR) is 336 cm³/mol. The minimum absolute atomic E-state index is 0. The molecule has 13 heteroatoms. The van der Waals surface area contributed by atoms with Crippen molar-refractivity contribution in [2.45, 2.75) is 118 Å². The summed E-state index contributed by atoms with van der Waals surface area (Å²) in [5.41, 5.74) is 6.75. The number of piperidine rings is 1. The molecule has 3 saturated heterocycles. The first-order valence-corrected chi connectivity index (χ1v) is 32.1. The van der Waals surface area contributed by atoms with E-state index in [2.05, 4.69) is 218 Å². The third-order valence-corrected chi connectivity index (χ3v) is 23.0. The summed E-state index contributed by atoms with van der Waals surface area (Å²) in [4.78, 5) is 40.4. The van der Waals surface area contributed by atoms with E-state index in [0.717, 1.165) is 51.9 Å². The number of aryl methyl sites for hydroxylation is 4. The van der Waals surface area contributed by atoms with Crippen LogP contribution in [0.5, 0.6) is 0 Å². The molecule has 426 valence electrons. The fraction of sp³-hybridized carbons (Fsp3) is 0.353. The second-order valence-corrected chi connectivity index (χ2v) is 28.8. The number of nitrogens with zero attached hydrogens (tertiary/aromatic N) is 5. The number of carbonyl (C=O) groups is 2. The van der Waals surface area contributed by atoms with Crippen LogP contribution in [0.4, 0.5) is 16.2 Å². The van der Waals surface area contributed by atoms with Gasteiger partial charge >= 0.3 is 6.09 Å². The molecule has 1 N–H and O–H groups in total. The Morgan fingerprint density at radius 1 is 0.519 bits per heavy atom. The first kappa shape index (κ1) is 61.5. The Morgan fingerprint density at radius 2 is 0.901 bits per heavy atom. The second kappa shape index (κ2) is 27.7. The van der Waals surface area contributed by atoms with Crippen LogP contribution in [0.25, 0.3) is 0 Å². The molecule has 0 atom stereocenters. The minimum Gasteiger partial charge on any atom is -1.00 e. The van der Waals surface area contributed by atoms with Crippen molar-refractivity contribution in [3.63, 3.8) is 0 Å². The summed E-state index contributed by atoms with van der Waals surface area (Å²) in [5.74, 6) is 0.278. The first-order valence-electron chi connectivity index (χ1n) is 28.5. The number of benzene rings is 7. The summed E-state index contributed by atoms with van der Waals surface area (Å²) in [6.45, 7) is 22.6. The summed E-state index contributed by atoms with van der Waals surface area (Å²) in [6, 6.07) is 63.4. The number of rotatable bonds is 14. The molecule has 7 aromatic rings. The van der Waals surface area contributed by atoms with Gasteiger partial charge < -0.3 is 46.5 Å². The van der Waals surface area contributed by atoms with E-state index in [4.69, 9.17) is 4.74 Å². The number of anilines is 2. The summed E-state index contributed by atoms with van der Waals surface area (Å²) in [7, 11) is -1.92. The predicted octanol–water partition coefficient (Wildman–Crippen LogP) is 11.0. The highest BCUT2D eigenvalue weighted by molar-refractivity contribution is 8.00. The lowest BCUT2D eigenvalue weighted by Crippen LogP contribution is -3.00. The Labute approximate surface area is 502 Å². The maximum absolute atomic E-state index is 13.6. The van der Waals surface area contributed by atoms with Gasteiger partial charge in [-0.3, -0.25) is 4.79 Å². The molecule has 0 aromatic heterocycles. The van der Waals surface area contributed by atoms with Gasteiger partial charge in [0.1, 0.15) is 29.3 Å². The summed E-state index contributed by atoms with van der Waals surface area (Å²) in [6.07, 6.45) is 3.19. The lowest BCUT2D eigenvalue weighted by molar-refractivity contribution is -0.257. The lowest BCUT2D eigenvalue weighted by Gasteiger charge is -2.51. The minimum atomic E-state index is -1.92. The molecular weight excluding hydrogens is 1130 g/mol. The highest BCUT2D eigenvalue weighted by Gasteiger charge is 2.47. The number of ether oxygens (including phenoxy) is 1. The van der Waals surface area contributed by atoms with Gasteiger partial charge in [0, 0.05) is 102 Å². The fourth-order valence-corrected chi connectivity index (χ4v) is 18.4. The average Bonchev–Trinajstić information content (AvgIpc) is 3.47. The fourth-order valence-electron chi connectivity index (χ4n) is 12.0. The van der Waals surface area contributed by atoms with Crippen molar-refractivity contribution in [1.82, 2.24) is 14.9 Å². The Bertz CT molecular complexity index is 3080. The molecule has 0 bridgehead atoms. The summed E-state index contributed by atoms with van der Waals surface area (Å²) < 4.78 is 5.94.